The Morgan fingerprint density at radius 3 is 2.69 bits per heavy atom. The van der Waals surface area contributed by atoms with Crippen LogP contribution in [0.5, 0.6) is 0 Å². The maximum Gasteiger partial charge on any atom is 0.252 e. The topological polar surface area (TPSA) is 73.5 Å². The van der Waals surface area contributed by atoms with E-state index < -0.39 is 0 Å². The van der Waals surface area contributed by atoms with E-state index in [0.717, 1.165) is 60.8 Å². The molecule has 4 rings (SSSR count). The van der Waals surface area contributed by atoms with Gasteiger partial charge >= 0.3 is 0 Å². The number of benzene rings is 3. The third-order valence-corrected chi connectivity index (χ3v) is 6.95. The molecule has 1 aliphatic heterocycles. The Morgan fingerprint density at radius 1 is 1.06 bits per heavy atom. The van der Waals surface area contributed by atoms with Crippen LogP contribution in [0.2, 0.25) is 0 Å². The summed E-state index contributed by atoms with van der Waals surface area (Å²) in [6, 6.07) is 19.6. The minimum Gasteiger partial charge on any atom is -0.345 e. The van der Waals surface area contributed by atoms with Gasteiger partial charge in [-0.2, -0.15) is 0 Å². The van der Waals surface area contributed by atoms with Crippen molar-refractivity contribution >= 4 is 28.3 Å². The van der Waals surface area contributed by atoms with E-state index in [1.807, 2.05) is 51.2 Å². The van der Waals surface area contributed by atoms with Crippen LogP contribution in [0.4, 0.5) is 5.69 Å². The van der Waals surface area contributed by atoms with Gasteiger partial charge in [0, 0.05) is 24.3 Å². The summed E-state index contributed by atoms with van der Waals surface area (Å²) in [4.78, 5) is 28.6. The Morgan fingerprint density at radius 2 is 1.86 bits per heavy atom. The van der Waals surface area contributed by atoms with Crippen LogP contribution in [0.15, 0.2) is 60.7 Å². The molecule has 0 unspecified atom stereocenters. The van der Waals surface area contributed by atoms with E-state index in [2.05, 4.69) is 45.1 Å². The zero-order chi connectivity index (χ0) is 24.8. The maximum atomic E-state index is 13.3. The Bertz CT molecular complexity index is 1190. The molecular formula is C29H36N4O2. The molecule has 6 heteroatoms. The monoisotopic (exact) mass is 472 g/mol. The summed E-state index contributed by atoms with van der Waals surface area (Å²) in [6.07, 6.45) is 3.04. The lowest BCUT2D eigenvalue weighted by atomic mass is 9.99. The number of carbonyl (C=O) groups excluding carboxylic acids is 2. The Kier molecular flexibility index (Phi) is 8.16. The third kappa shape index (κ3) is 5.89. The van der Waals surface area contributed by atoms with Crippen molar-refractivity contribution < 1.29 is 9.59 Å². The molecule has 2 amide bonds. The van der Waals surface area contributed by atoms with Crippen LogP contribution in [0.1, 0.15) is 53.7 Å². The second kappa shape index (κ2) is 11.5. The normalized spacial score (nSPS) is 17.2. The van der Waals surface area contributed by atoms with Crippen LogP contribution in [-0.2, 0) is 4.79 Å². The van der Waals surface area contributed by atoms with Gasteiger partial charge < -0.3 is 16.0 Å². The summed E-state index contributed by atoms with van der Waals surface area (Å²) < 4.78 is 0. The molecular weight excluding hydrogens is 436 g/mol. The minimum absolute atomic E-state index is 0.000128. The number of piperidine rings is 1. The summed E-state index contributed by atoms with van der Waals surface area (Å²) in [7, 11) is 1.93. The lowest BCUT2D eigenvalue weighted by Crippen LogP contribution is -2.49. The fourth-order valence-electron chi connectivity index (χ4n) is 4.96. The van der Waals surface area contributed by atoms with Crippen LogP contribution < -0.4 is 16.0 Å². The zero-order valence-corrected chi connectivity index (χ0v) is 20.9. The molecule has 1 fully saturated rings. The summed E-state index contributed by atoms with van der Waals surface area (Å²) in [6.45, 7) is 6.57. The highest BCUT2D eigenvalue weighted by molar-refractivity contribution is 6.00. The van der Waals surface area contributed by atoms with Crippen LogP contribution >= 0.6 is 0 Å². The molecule has 0 radical (unpaired) electrons. The minimum atomic E-state index is -0.158. The first-order chi connectivity index (χ1) is 17.0. The molecule has 184 valence electrons. The van der Waals surface area contributed by atoms with Crippen molar-refractivity contribution in [2.75, 3.05) is 32.0 Å². The van der Waals surface area contributed by atoms with E-state index in [-0.39, 0.29) is 23.9 Å². The molecule has 3 aromatic carbocycles. The molecule has 0 aromatic heterocycles. The van der Waals surface area contributed by atoms with E-state index in [4.69, 9.17) is 0 Å². The number of rotatable bonds is 8. The van der Waals surface area contributed by atoms with E-state index >= 15 is 0 Å². The Labute approximate surface area is 208 Å². The number of amides is 2. The number of likely N-dealkylation sites (tertiary alicyclic amines) is 1. The molecule has 1 heterocycles. The predicted molar refractivity (Wildman–Crippen MR) is 143 cm³/mol. The van der Waals surface area contributed by atoms with Crippen molar-refractivity contribution in [1.82, 2.24) is 15.5 Å². The SMILES string of the molecule is CNCCN1CCCC[C@@H]1C(=O)Nc1ccc(C)c(C(=O)N[C@H](C)c2cccc3ccccc23)c1. The van der Waals surface area contributed by atoms with Gasteiger partial charge in [0.2, 0.25) is 5.91 Å². The zero-order valence-electron chi connectivity index (χ0n) is 20.9. The second-order valence-corrected chi connectivity index (χ2v) is 9.43. The van der Waals surface area contributed by atoms with Gasteiger partial charge in [-0.05, 0) is 74.3 Å². The number of aryl methyl sites for hydroxylation is 1. The summed E-state index contributed by atoms with van der Waals surface area (Å²) in [5.74, 6) is -0.146. The molecule has 1 aliphatic rings. The predicted octanol–water partition coefficient (Wildman–Crippen LogP) is 4.65. The van der Waals surface area contributed by atoms with Gasteiger partial charge in [-0.3, -0.25) is 14.5 Å². The number of carbonyl (C=O) groups is 2. The first kappa shape index (κ1) is 24.9. The summed E-state index contributed by atoms with van der Waals surface area (Å²) in [5.41, 5.74) is 3.18. The fraction of sp³-hybridized carbons (Fsp3) is 0.379. The van der Waals surface area contributed by atoms with Crippen LogP contribution in [0.25, 0.3) is 10.8 Å². The molecule has 2 atom stereocenters. The molecule has 3 aromatic rings. The number of likely N-dealkylation sites (N-methyl/N-ethyl adjacent to an activating group) is 1. The first-order valence-corrected chi connectivity index (χ1v) is 12.6. The number of hydrogen-bond donors (Lipinski definition) is 3. The highest BCUT2D eigenvalue weighted by Gasteiger charge is 2.28. The van der Waals surface area contributed by atoms with E-state index in [0.29, 0.717) is 11.3 Å². The molecule has 35 heavy (non-hydrogen) atoms. The standard InChI is InChI=1S/C29H36N4O2/c1-20-14-15-23(32-29(35)27-13-6-7-17-33(27)18-16-30-3)19-26(20)28(34)31-21(2)24-12-8-10-22-9-4-5-11-25(22)24/h4-5,8-12,14-15,19,21,27,30H,6-7,13,16-18H2,1-3H3,(H,31,34)(H,32,35)/t21-,27-/m1/s1. The molecule has 0 aliphatic carbocycles. The van der Waals surface area contributed by atoms with E-state index in [9.17, 15) is 9.59 Å². The Balaban J connectivity index is 1.47. The van der Waals surface area contributed by atoms with Crippen molar-refractivity contribution in [3.63, 3.8) is 0 Å². The second-order valence-electron chi connectivity index (χ2n) is 9.43. The van der Waals surface area contributed by atoms with E-state index in [1.54, 1.807) is 6.07 Å². The third-order valence-electron chi connectivity index (χ3n) is 6.95. The number of fused-ring (bicyclic) bond motifs is 1. The number of nitrogens with zero attached hydrogens (tertiary/aromatic N) is 1. The van der Waals surface area contributed by atoms with Gasteiger partial charge in [-0.15, -0.1) is 0 Å². The highest BCUT2D eigenvalue weighted by atomic mass is 16.2. The molecule has 6 nitrogen and oxygen atoms in total. The molecule has 1 saturated heterocycles. The smallest absolute Gasteiger partial charge is 0.252 e. The number of hydrogen-bond acceptors (Lipinski definition) is 4. The molecule has 0 bridgehead atoms. The summed E-state index contributed by atoms with van der Waals surface area (Å²) >= 11 is 0. The van der Waals surface area contributed by atoms with Gasteiger partial charge in [0.25, 0.3) is 5.91 Å². The van der Waals surface area contributed by atoms with Gasteiger partial charge in [-0.1, -0.05) is 55.0 Å². The molecule has 0 spiro atoms. The van der Waals surface area contributed by atoms with Crippen molar-refractivity contribution in [2.24, 2.45) is 0 Å². The van der Waals surface area contributed by atoms with Gasteiger partial charge in [0.1, 0.15) is 0 Å². The fourth-order valence-corrected chi connectivity index (χ4v) is 4.96. The van der Waals surface area contributed by atoms with Gasteiger partial charge in [-0.25, -0.2) is 0 Å². The lowest BCUT2D eigenvalue weighted by molar-refractivity contribution is -0.122. The van der Waals surface area contributed by atoms with E-state index in [1.165, 1.54) is 0 Å². The highest BCUT2D eigenvalue weighted by Crippen LogP contribution is 2.25. The maximum absolute atomic E-state index is 13.3. The molecule has 3 N–H and O–H groups in total. The summed E-state index contributed by atoms with van der Waals surface area (Å²) in [5, 5.41) is 11.7. The van der Waals surface area contributed by atoms with Crippen molar-refractivity contribution in [3.8, 4) is 0 Å². The van der Waals surface area contributed by atoms with Crippen molar-refractivity contribution in [2.45, 2.75) is 45.2 Å². The Hall–Kier alpha value is -3.22. The number of nitrogens with one attached hydrogen (secondary N) is 3. The lowest BCUT2D eigenvalue weighted by Gasteiger charge is -2.34. The van der Waals surface area contributed by atoms with Crippen LogP contribution in [0.3, 0.4) is 0 Å². The first-order valence-electron chi connectivity index (χ1n) is 12.6. The molecule has 0 saturated carbocycles. The average Bonchev–Trinajstić information content (AvgIpc) is 2.88. The largest absolute Gasteiger partial charge is 0.345 e. The average molecular weight is 473 g/mol. The van der Waals surface area contributed by atoms with Crippen molar-refractivity contribution in [3.05, 3.63) is 77.4 Å². The van der Waals surface area contributed by atoms with Crippen LogP contribution in [-0.4, -0.2) is 49.4 Å². The van der Waals surface area contributed by atoms with Gasteiger partial charge in [0.05, 0.1) is 12.1 Å². The number of anilines is 1. The van der Waals surface area contributed by atoms with Gasteiger partial charge in [0.15, 0.2) is 0 Å². The van der Waals surface area contributed by atoms with Crippen molar-refractivity contribution in [1.29, 1.82) is 0 Å². The van der Waals surface area contributed by atoms with Crippen LogP contribution in [0, 0.1) is 6.92 Å². The quantitative estimate of drug-likeness (QED) is 0.446.